The molecule has 0 radical (unpaired) electrons. The predicted molar refractivity (Wildman–Crippen MR) is 107 cm³/mol. The number of hydrogen-bond donors (Lipinski definition) is 0. The van der Waals surface area contributed by atoms with E-state index in [-0.39, 0.29) is 11.2 Å². The smallest absolute Gasteiger partial charge is 0.235 e. The Morgan fingerprint density at radius 1 is 0.960 bits per heavy atom. The van der Waals surface area contributed by atoms with Crippen LogP contribution in [0.1, 0.15) is 6.92 Å². The Morgan fingerprint density at radius 3 is 2.16 bits per heavy atom. The highest BCUT2D eigenvalue weighted by Gasteiger charge is 2.26. The van der Waals surface area contributed by atoms with Crippen LogP contribution >= 0.6 is 35.0 Å². The first kappa shape index (κ1) is 18.4. The Labute approximate surface area is 162 Å². The fraction of sp³-hybridized carbons (Fsp3) is 0.316. The zero-order chi connectivity index (χ0) is 17.8. The normalized spacial score (nSPS) is 16.0. The van der Waals surface area contributed by atoms with Gasteiger partial charge in [0.15, 0.2) is 0 Å². The van der Waals surface area contributed by atoms with Gasteiger partial charge in [-0.25, -0.2) is 0 Å². The largest absolute Gasteiger partial charge is 0.368 e. The molecule has 1 fully saturated rings. The summed E-state index contributed by atoms with van der Waals surface area (Å²) in [6.07, 6.45) is 0. The minimum Gasteiger partial charge on any atom is -0.368 e. The lowest BCUT2D eigenvalue weighted by atomic mass is 10.2. The van der Waals surface area contributed by atoms with Crippen molar-refractivity contribution >= 4 is 46.6 Å². The van der Waals surface area contributed by atoms with E-state index in [2.05, 4.69) is 17.0 Å². The van der Waals surface area contributed by atoms with E-state index in [0.29, 0.717) is 10.0 Å². The van der Waals surface area contributed by atoms with Gasteiger partial charge in [-0.3, -0.25) is 4.79 Å². The van der Waals surface area contributed by atoms with Gasteiger partial charge in [-0.2, -0.15) is 0 Å². The number of hydrogen-bond acceptors (Lipinski definition) is 3. The van der Waals surface area contributed by atoms with Crippen molar-refractivity contribution in [1.29, 1.82) is 0 Å². The highest BCUT2D eigenvalue weighted by atomic mass is 35.5. The fourth-order valence-electron chi connectivity index (χ4n) is 2.90. The first-order chi connectivity index (χ1) is 12.1. The third-order valence-corrected chi connectivity index (χ3v) is 6.36. The highest BCUT2D eigenvalue weighted by molar-refractivity contribution is 8.00. The standard InChI is InChI=1S/C19H20Cl2N2OS/c1-14(25-18-16(20)8-5-9-17(18)21)19(24)23-12-10-22(11-13-23)15-6-3-2-4-7-15/h2-9,14H,10-13H2,1H3/t14-/m1/s1. The minimum absolute atomic E-state index is 0.133. The van der Waals surface area contributed by atoms with E-state index in [9.17, 15) is 4.79 Å². The third-order valence-electron chi connectivity index (χ3n) is 4.27. The predicted octanol–water partition coefficient (Wildman–Crippen LogP) is 4.82. The number of carbonyl (C=O) groups is 1. The number of piperazine rings is 1. The van der Waals surface area contributed by atoms with Crippen molar-refractivity contribution < 1.29 is 4.79 Å². The number of anilines is 1. The second kappa shape index (κ2) is 8.35. The van der Waals surface area contributed by atoms with Crippen molar-refractivity contribution in [2.45, 2.75) is 17.1 Å². The molecule has 0 unspecified atom stereocenters. The molecule has 25 heavy (non-hydrogen) atoms. The molecule has 0 aliphatic carbocycles. The Morgan fingerprint density at radius 2 is 1.56 bits per heavy atom. The summed E-state index contributed by atoms with van der Waals surface area (Å²) in [5, 5.41) is 0.956. The number of carbonyl (C=O) groups excluding carboxylic acids is 1. The number of halogens is 2. The summed E-state index contributed by atoms with van der Waals surface area (Å²) in [7, 11) is 0. The molecule has 1 aliphatic heterocycles. The van der Waals surface area contributed by atoms with Crippen molar-refractivity contribution in [3.05, 3.63) is 58.6 Å². The van der Waals surface area contributed by atoms with Gasteiger partial charge in [0.05, 0.1) is 15.3 Å². The SMILES string of the molecule is C[C@@H](Sc1c(Cl)cccc1Cl)C(=O)N1CCN(c2ccccc2)CC1. The van der Waals surface area contributed by atoms with Gasteiger partial charge in [0.2, 0.25) is 5.91 Å². The monoisotopic (exact) mass is 394 g/mol. The van der Waals surface area contributed by atoms with Crippen LogP contribution in [0, 0.1) is 0 Å². The molecule has 132 valence electrons. The number of nitrogens with zero attached hydrogens (tertiary/aromatic N) is 2. The topological polar surface area (TPSA) is 23.6 Å². The van der Waals surface area contributed by atoms with Crippen LogP contribution in [0.3, 0.4) is 0 Å². The Hall–Kier alpha value is -1.36. The van der Waals surface area contributed by atoms with Crippen molar-refractivity contribution in [2.75, 3.05) is 31.1 Å². The summed E-state index contributed by atoms with van der Waals surface area (Å²) < 4.78 is 0. The number of thioether (sulfide) groups is 1. The Balaban J connectivity index is 1.59. The van der Waals surface area contributed by atoms with E-state index in [0.717, 1.165) is 31.1 Å². The molecule has 3 rings (SSSR count). The van der Waals surface area contributed by atoms with Crippen LogP contribution in [-0.2, 0) is 4.79 Å². The fourth-order valence-corrected chi connectivity index (χ4v) is 4.53. The second-order valence-corrected chi connectivity index (χ2v) is 8.12. The molecule has 1 amide bonds. The third kappa shape index (κ3) is 4.43. The lowest BCUT2D eigenvalue weighted by Crippen LogP contribution is -2.50. The molecule has 1 heterocycles. The van der Waals surface area contributed by atoms with Crippen molar-refractivity contribution in [2.24, 2.45) is 0 Å². The number of para-hydroxylation sites is 1. The van der Waals surface area contributed by atoms with Crippen molar-refractivity contribution in [1.82, 2.24) is 4.90 Å². The van der Waals surface area contributed by atoms with Crippen LogP contribution in [0.2, 0.25) is 10.0 Å². The molecule has 1 saturated heterocycles. The molecule has 3 nitrogen and oxygen atoms in total. The van der Waals surface area contributed by atoms with Crippen LogP contribution in [0.25, 0.3) is 0 Å². The van der Waals surface area contributed by atoms with Crippen LogP contribution < -0.4 is 4.90 Å². The molecule has 2 aromatic rings. The quantitative estimate of drug-likeness (QED) is 0.694. The van der Waals surface area contributed by atoms with E-state index in [4.69, 9.17) is 23.2 Å². The molecule has 1 atom stereocenters. The Kier molecular flexibility index (Phi) is 6.15. The molecule has 1 aliphatic rings. The zero-order valence-electron chi connectivity index (χ0n) is 14.0. The number of rotatable bonds is 4. The van der Waals surface area contributed by atoms with Gasteiger partial charge in [-0.15, -0.1) is 11.8 Å². The average Bonchev–Trinajstić information content (AvgIpc) is 2.65. The van der Waals surface area contributed by atoms with Gasteiger partial charge < -0.3 is 9.80 Å². The van der Waals surface area contributed by atoms with Gasteiger partial charge in [-0.1, -0.05) is 47.5 Å². The second-order valence-electron chi connectivity index (χ2n) is 5.96. The number of amides is 1. The van der Waals surface area contributed by atoms with E-state index in [1.54, 1.807) is 12.1 Å². The summed E-state index contributed by atoms with van der Waals surface area (Å²) in [4.78, 5) is 17.8. The molecule has 0 saturated carbocycles. The van der Waals surface area contributed by atoms with E-state index in [1.807, 2.05) is 36.1 Å². The molecule has 0 spiro atoms. The van der Waals surface area contributed by atoms with E-state index in [1.165, 1.54) is 17.4 Å². The van der Waals surface area contributed by atoms with Gasteiger partial charge >= 0.3 is 0 Å². The molecule has 0 N–H and O–H groups in total. The zero-order valence-corrected chi connectivity index (χ0v) is 16.3. The summed E-state index contributed by atoms with van der Waals surface area (Å²) in [6, 6.07) is 15.7. The van der Waals surface area contributed by atoms with Crippen LogP contribution in [0.5, 0.6) is 0 Å². The lowest BCUT2D eigenvalue weighted by molar-refractivity contribution is -0.130. The van der Waals surface area contributed by atoms with Gasteiger partial charge in [0.1, 0.15) is 0 Å². The highest BCUT2D eigenvalue weighted by Crippen LogP contribution is 2.36. The molecule has 0 aromatic heterocycles. The molecular weight excluding hydrogens is 375 g/mol. The average molecular weight is 395 g/mol. The van der Waals surface area contributed by atoms with Crippen LogP contribution in [0.15, 0.2) is 53.4 Å². The van der Waals surface area contributed by atoms with E-state index < -0.39 is 0 Å². The summed E-state index contributed by atoms with van der Waals surface area (Å²) in [5.41, 5.74) is 1.21. The van der Waals surface area contributed by atoms with Gasteiger partial charge in [-0.05, 0) is 31.2 Å². The van der Waals surface area contributed by atoms with Gasteiger partial charge in [0.25, 0.3) is 0 Å². The maximum atomic E-state index is 12.8. The molecule has 2 aromatic carbocycles. The maximum absolute atomic E-state index is 12.8. The Bertz CT molecular complexity index is 713. The number of benzene rings is 2. The molecule has 0 bridgehead atoms. The molecule has 6 heteroatoms. The van der Waals surface area contributed by atoms with Crippen molar-refractivity contribution in [3.8, 4) is 0 Å². The summed E-state index contributed by atoms with van der Waals surface area (Å²) in [5.74, 6) is 0.133. The summed E-state index contributed by atoms with van der Waals surface area (Å²) in [6.45, 7) is 5.07. The van der Waals surface area contributed by atoms with Crippen LogP contribution in [0.4, 0.5) is 5.69 Å². The first-order valence-electron chi connectivity index (χ1n) is 8.25. The van der Waals surface area contributed by atoms with Gasteiger partial charge in [0, 0.05) is 36.8 Å². The first-order valence-corrected chi connectivity index (χ1v) is 9.89. The lowest BCUT2D eigenvalue weighted by Gasteiger charge is -2.37. The molecular formula is C19H20Cl2N2OS. The van der Waals surface area contributed by atoms with E-state index >= 15 is 0 Å². The van der Waals surface area contributed by atoms with Crippen LogP contribution in [-0.4, -0.2) is 42.2 Å². The minimum atomic E-state index is -0.222. The van der Waals surface area contributed by atoms with Crippen molar-refractivity contribution in [3.63, 3.8) is 0 Å². The maximum Gasteiger partial charge on any atom is 0.235 e. The summed E-state index contributed by atoms with van der Waals surface area (Å²) >= 11 is 13.9.